The first kappa shape index (κ1) is 17.6. The van der Waals surface area contributed by atoms with Gasteiger partial charge in [0.1, 0.15) is 0 Å². The van der Waals surface area contributed by atoms with Crippen LogP contribution < -0.4 is 5.23 Å². The van der Waals surface area contributed by atoms with Crippen LogP contribution in [-0.2, 0) is 6.54 Å². The van der Waals surface area contributed by atoms with E-state index in [0.29, 0.717) is 36.8 Å². The van der Waals surface area contributed by atoms with Crippen molar-refractivity contribution in [2.45, 2.75) is 25.1 Å². The zero-order valence-corrected chi connectivity index (χ0v) is 14.3. The summed E-state index contributed by atoms with van der Waals surface area (Å²) in [6, 6.07) is 10.1. The number of aliphatic hydroxyl groups excluding tert-OH is 1. The van der Waals surface area contributed by atoms with E-state index in [9.17, 15) is 15.5 Å². The smallest absolute Gasteiger partial charge is 0.244 e. The topological polar surface area (TPSA) is 122 Å². The van der Waals surface area contributed by atoms with Crippen LogP contribution in [0, 0.1) is 5.21 Å². The third-order valence-corrected chi connectivity index (χ3v) is 4.62. The molecule has 140 valence electrons. The zero-order chi connectivity index (χ0) is 18.8. The van der Waals surface area contributed by atoms with Gasteiger partial charge in [-0.1, -0.05) is 23.4 Å². The van der Waals surface area contributed by atoms with Gasteiger partial charge in [-0.2, -0.15) is 4.98 Å². The number of β-amino-alcohol motifs (C(OH)–C–C–N with tert-alkyl or cyclic N) is 1. The molecule has 1 fully saturated rings. The second-order valence-corrected chi connectivity index (χ2v) is 6.43. The zero-order valence-electron chi connectivity index (χ0n) is 14.3. The highest BCUT2D eigenvalue weighted by atomic mass is 16.8. The van der Waals surface area contributed by atoms with E-state index in [4.69, 9.17) is 4.52 Å². The summed E-state index contributed by atoms with van der Waals surface area (Å²) in [6.45, 7) is 0.750. The number of para-hydroxylation sites is 1. The summed E-state index contributed by atoms with van der Waals surface area (Å²) in [7, 11) is 0. The minimum absolute atomic E-state index is 0.148. The summed E-state index contributed by atoms with van der Waals surface area (Å²) in [5.41, 5.74) is 1.60. The number of rotatable bonds is 5. The van der Waals surface area contributed by atoms with Crippen molar-refractivity contribution >= 4 is 5.69 Å². The van der Waals surface area contributed by atoms with Crippen LogP contribution in [0.25, 0.3) is 11.4 Å². The minimum atomic E-state index is -0.545. The van der Waals surface area contributed by atoms with Gasteiger partial charge in [-0.05, 0) is 30.2 Å². The molecular formula is C18H18N5O4-. The van der Waals surface area contributed by atoms with Crippen molar-refractivity contribution in [3.05, 3.63) is 65.5 Å². The van der Waals surface area contributed by atoms with Gasteiger partial charge in [0.2, 0.25) is 11.7 Å². The molecule has 0 radical (unpaired) electrons. The maximum absolute atomic E-state index is 11.4. The van der Waals surface area contributed by atoms with Crippen molar-refractivity contribution in [2.24, 2.45) is 0 Å². The van der Waals surface area contributed by atoms with Gasteiger partial charge in [0.15, 0.2) is 0 Å². The van der Waals surface area contributed by atoms with Crippen molar-refractivity contribution in [2.75, 3.05) is 11.8 Å². The molecule has 9 heteroatoms. The molecule has 0 spiro atoms. The second kappa shape index (κ2) is 7.41. The second-order valence-electron chi connectivity index (χ2n) is 6.43. The summed E-state index contributed by atoms with van der Waals surface area (Å²) < 4.78 is 5.44. The fourth-order valence-electron chi connectivity index (χ4n) is 3.35. The lowest BCUT2D eigenvalue weighted by Crippen LogP contribution is -2.25. The Labute approximate surface area is 155 Å². The first-order valence-corrected chi connectivity index (χ1v) is 8.52. The first-order valence-electron chi connectivity index (χ1n) is 8.52. The summed E-state index contributed by atoms with van der Waals surface area (Å²) in [6.07, 6.45) is 3.20. The number of aromatic nitrogens is 3. The lowest BCUT2D eigenvalue weighted by molar-refractivity contribution is 0.169. The molecule has 3 aromatic rings. The number of nitrogens with zero attached hydrogens (tertiary/aromatic N) is 5. The maximum atomic E-state index is 11.4. The molecule has 0 amide bonds. The molecule has 1 saturated heterocycles. The average molecular weight is 368 g/mol. The van der Waals surface area contributed by atoms with Gasteiger partial charge >= 0.3 is 0 Å². The van der Waals surface area contributed by atoms with Gasteiger partial charge in [0.05, 0.1) is 17.8 Å². The van der Waals surface area contributed by atoms with E-state index in [1.54, 1.807) is 42.7 Å². The minimum Gasteiger partial charge on any atom is -0.733 e. The maximum Gasteiger partial charge on any atom is 0.244 e. The molecule has 1 aliphatic rings. The molecule has 3 heterocycles. The molecule has 1 aromatic carbocycles. The molecular weight excluding hydrogens is 350 g/mol. The Morgan fingerprint density at radius 3 is 2.78 bits per heavy atom. The van der Waals surface area contributed by atoms with E-state index in [2.05, 4.69) is 15.1 Å². The number of pyridine rings is 1. The van der Waals surface area contributed by atoms with E-state index >= 15 is 0 Å². The van der Waals surface area contributed by atoms with Crippen LogP contribution in [0.3, 0.4) is 0 Å². The molecule has 2 N–H and O–H groups in total. The SMILES string of the molecule is [O-]N(O)c1ccccc1CN1C[C@H](O)C[C@H]1c1nc(-c2ccncc2)no1. The van der Waals surface area contributed by atoms with Crippen LogP contribution in [-0.4, -0.2) is 43.0 Å². The van der Waals surface area contributed by atoms with Gasteiger partial charge in [-0.15, -0.1) is 0 Å². The molecule has 1 aliphatic heterocycles. The van der Waals surface area contributed by atoms with Crippen molar-refractivity contribution in [1.29, 1.82) is 0 Å². The Morgan fingerprint density at radius 2 is 2.00 bits per heavy atom. The molecule has 2 atom stereocenters. The fourth-order valence-corrected chi connectivity index (χ4v) is 3.35. The predicted octanol–water partition coefficient (Wildman–Crippen LogP) is 2.13. The molecule has 0 aliphatic carbocycles. The average Bonchev–Trinajstić information content (AvgIpc) is 3.29. The summed E-state index contributed by atoms with van der Waals surface area (Å²) in [5, 5.41) is 34.7. The molecule has 0 saturated carbocycles. The van der Waals surface area contributed by atoms with Crippen molar-refractivity contribution in [3.63, 3.8) is 0 Å². The summed E-state index contributed by atoms with van der Waals surface area (Å²) in [5.74, 6) is 0.856. The molecule has 4 rings (SSSR count). The fraction of sp³-hybridized carbons (Fsp3) is 0.278. The van der Waals surface area contributed by atoms with E-state index in [1.807, 2.05) is 4.90 Å². The number of benzene rings is 1. The van der Waals surface area contributed by atoms with E-state index in [0.717, 1.165) is 5.56 Å². The summed E-state index contributed by atoms with van der Waals surface area (Å²) >= 11 is 0. The van der Waals surface area contributed by atoms with Gasteiger partial charge in [-0.25, -0.2) is 0 Å². The monoisotopic (exact) mass is 368 g/mol. The largest absolute Gasteiger partial charge is 0.733 e. The van der Waals surface area contributed by atoms with Crippen LogP contribution >= 0.6 is 0 Å². The molecule has 9 nitrogen and oxygen atoms in total. The van der Waals surface area contributed by atoms with Crippen molar-refractivity contribution < 1.29 is 14.8 Å². The first-order chi connectivity index (χ1) is 13.1. The number of hydrogen-bond donors (Lipinski definition) is 2. The Bertz CT molecular complexity index is 902. The summed E-state index contributed by atoms with van der Waals surface area (Å²) in [4.78, 5) is 10.4. The predicted molar refractivity (Wildman–Crippen MR) is 95.4 cm³/mol. The number of aliphatic hydroxyl groups is 1. The van der Waals surface area contributed by atoms with Gasteiger partial charge in [0.25, 0.3) is 0 Å². The Kier molecular flexibility index (Phi) is 4.82. The number of anilines is 1. The van der Waals surface area contributed by atoms with Crippen LogP contribution in [0.15, 0.2) is 53.3 Å². The highest BCUT2D eigenvalue weighted by Gasteiger charge is 2.36. The number of hydrogen-bond acceptors (Lipinski definition) is 9. The van der Waals surface area contributed by atoms with Crippen molar-refractivity contribution in [3.8, 4) is 11.4 Å². The van der Waals surface area contributed by atoms with Crippen LogP contribution in [0.5, 0.6) is 0 Å². The Hall–Kier alpha value is -2.85. The lowest BCUT2D eigenvalue weighted by Gasteiger charge is -2.27. The van der Waals surface area contributed by atoms with Gasteiger partial charge in [-0.3, -0.25) is 15.1 Å². The van der Waals surface area contributed by atoms with E-state index in [-0.39, 0.29) is 17.0 Å². The third kappa shape index (κ3) is 3.67. The standard InChI is InChI=1S/C18H18N5O4/c24-14-9-16(18-20-17(21-27-18)12-5-7-19-8-6-12)22(11-14)10-13-3-1-2-4-15(13)23(25)26/h1-8,14,16,24-25H,9-11H2/q-1/t14-,16+/m1/s1. The van der Waals surface area contributed by atoms with Crippen LogP contribution in [0.4, 0.5) is 5.69 Å². The highest BCUT2D eigenvalue weighted by molar-refractivity contribution is 5.53. The lowest BCUT2D eigenvalue weighted by atomic mass is 10.1. The third-order valence-electron chi connectivity index (χ3n) is 4.62. The van der Waals surface area contributed by atoms with E-state index in [1.165, 1.54) is 6.07 Å². The van der Waals surface area contributed by atoms with Crippen LogP contribution in [0.1, 0.15) is 23.9 Å². The molecule has 27 heavy (non-hydrogen) atoms. The van der Waals surface area contributed by atoms with Crippen LogP contribution in [0.2, 0.25) is 0 Å². The molecule has 0 bridgehead atoms. The molecule has 0 unspecified atom stereocenters. The Balaban J connectivity index is 1.58. The normalized spacial score (nSPS) is 20.1. The highest BCUT2D eigenvalue weighted by Crippen LogP contribution is 2.34. The molecule has 2 aromatic heterocycles. The Morgan fingerprint density at radius 1 is 1.22 bits per heavy atom. The number of likely N-dealkylation sites (tertiary alicyclic amines) is 1. The van der Waals surface area contributed by atoms with E-state index < -0.39 is 6.10 Å². The van der Waals surface area contributed by atoms with Gasteiger partial charge < -0.3 is 20.1 Å². The van der Waals surface area contributed by atoms with Crippen molar-refractivity contribution in [1.82, 2.24) is 20.0 Å². The quantitative estimate of drug-likeness (QED) is 0.652. The van der Waals surface area contributed by atoms with Gasteiger partial charge in [0, 0.05) is 31.0 Å².